The number of amides is 1. The standard InChI is InChI=1S/C13H17FN2O2/c1-8-4-5-16(7-12(8)17)13(18)10-3-2-9(14)6-11(10)15/h2-3,6,8,12,17H,4-5,7,15H2,1H3. The average molecular weight is 252 g/mol. The van der Waals surface area contributed by atoms with Crippen molar-refractivity contribution in [2.45, 2.75) is 19.4 Å². The molecular weight excluding hydrogens is 235 g/mol. The van der Waals surface area contributed by atoms with Crippen molar-refractivity contribution in [1.82, 2.24) is 4.90 Å². The Morgan fingerprint density at radius 2 is 2.28 bits per heavy atom. The second-order valence-corrected chi connectivity index (χ2v) is 4.82. The van der Waals surface area contributed by atoms with E-state index in [0.29, 0.717) is 13.1 Å². The van der Waals surface area contributed by atoms with Crippen LogP contribution in [0.1, 0.15) is 23.7 Å². The Hall–Kier alpha value is -1.62. The van der Waals surface area contributed by atoms with Gasteiger partial charge in [-0.15, -0.1) is 0 Å². The van der Waals surface area contributed by atoms with Crippen LogP contribution >= 0.6 is 0 Å². The second-order valence-electron chi connectivity index (χ2n) is 4.82. The summed E-state index contributed by atoms with van der Waals surface area (Å²) in [4.78, 5) is 13.8. The quantitative estimate of drug-likeness (QED) is 0.739. The smallest absolute Gasteiger partial charge is 0.256 e. The van der Waals surface area contributed by atoms with E-state index < -0.39 is 11.9 Å². The van der Waals surface area contributed by atoms with Crippen molar-refractivity contribution in [1.29, 1.82) is 0 Å². The molecule has 0 bridgehead atoms. The van der Waals surface area contributed by atoms with Crippen molar-refractivity contribution in [2.75, 3.05) is 18.8 Å². The van der Waals surface area contributed by atoms with Crippen molar-refractivity contribution >= 4 is 11.6 Å². The molecule has 1 aromatic rings. The molecule has 2 unspecified atom stereocenters. The van der Waals surface area contributed by atoms with Gasteiger partial charge in [0.25, 0.3) is 5.91 Å². The molecule has 5 heteroatoms. The molecule has 3 N–H and O–H groups in total. The molecule has 0 spiro atoms. The van der Waals surface area contributed by atoms with E-state index >= 15 is 0 Å². The SMILES string of the molecule is CC1CCN(C(=O)c2ccc(F)cc2N)CC1O. The summed E-state index contributed by atoms with van der Waals surface area (Å²) in [7, 11) is 0. The molecule has 1 saturated heterocycles. The fraction of sp³-hybridized carbons (Fsp3) is 0.462. The molecule has 0 aliphatic carbocycles. The molecule has 1 fully saturated rings. The number of nitrogens with two attached hydrogens (primary N) is 1. The van der Waals surface area contributed by atoms with Crippen molar-refractivity contribution in [3.8, 4) is 0 Å². The van der Waals surface area contributed by atoms with Crippen LogP contribution in [0.3, 0.4) is 0 Å². The maximum Gasteiger partial charge on any atom is 0.256 e. The average Bonchev–Trinajstić information content (AvgIpc) is 2.32. The van der Waals surface area contributed by atoms with Crippen LogP contribution in [0.25, 0.3) is 0 Å². The van der Waals surface area contributed by atoms with E-state index in [9.17, 15) is 14.3 Å². The molecule has 1 amide bonds. The van der Waals surface area contributed by atoms with Gasteiger partial charge in [0.15, 0.2) is 0 Å². The maximum absolute atomic E-state index is 12.9. The first kappa shape index (κ1) is 12.8. The monoisotopic (exact) mass is 252 g/mol. The van der Waals surface area contributed by atoms with E-state index in [1.54, 1.807) is 4.90 Å². The number of carbonyl (C=O) groups is 1. The minimum Gasteiger partial charge on any atom is -0.398 e. The van der Waals surface area contributed by atoms with Gasteiger partial charge < -0.3 is 15.7 Å². The van der Waals surface area contributed by atoms with E-state index in [-0.39, 0.29) is 23.1 Å². The van der Waals surface area contributed by atoms with Crippen LogP contribution in [-0.4, -0.2) is 35.1 Å². The van der Waals surface area contributed by atoms with Gasteiger partial charge in [-0.05, 0) is 30.5 Å². The number of aliphatic hydroxyl groups is 1. The van der Waals surface area contributed by atoms with E-state index in [0.717, 1.165) is 12.5 Å². The molecule has 1 aliphatic rings. The third kappa shape index (κ3) is 2.46. The largest absolute Gasteiger partial charge is 0.398 e. The van der Waals surface area contributed by atoms with Crippen LogP contribution in [0.2, 0.25) is 0 Å². The van der Waals surface area contributed by atoms with Crippen LogP contribution in [-0.2, 0) is 0 Å². The third-order valence-electron chi connectivity index (χ3n) is 3.45. The number of aliphatic hydroxyl groups excluding tert-OH is 1. The lowest BCUT2D eigenvalue weighted by Crippen LogP contribution is -2.46. The number of nitrogens with zero attached hydrogens (tertiary/aromatic N) is 1. The van der Waals surface area contributed by atoms with Crippen LogP contribution in [0, 0.1) is 11.7 Å². The lowest BCUT2D eigenvalue weighted by Gasteiger charge is -2.34. The Kier molecular flexibility index (Phi) is 3.52. The molecule has 0 radical (unpaired) electrons. The Morgan fingerprint density at radius 1 is 1.56 bits per heavy atom. The maximum atomic E-state index is 12.9. The van der Waals surface area contributed by atoms with Crippen LogP contribution < -0.4 is 5.73 Å². The van der Waals surface area contributed by atoms with Gasteiger partial charge in [0.1, 0.15) is 5.82 Å². The summed E-state index contributed by atoms with van der Waals surface area (Å²) < 4.78 is 12.9. The minimum atomic E-state index is -0.510. The van der Waals surface area contributed by atoms with Gasteiger partial charge in [-0.1, -0.05) is 6.92 Å². The lowest BCUT2D eigenvalue weighted by atomic mass is 9.95. The first-order valence-corrected chi connectivity index (χ1v) is 6.01. The molecule has 18 heavy (non-hydrogen) atoms. The fourth-order valence-electron chi connectivity index (χ4n) is 2.13. The second kappa shape index (κ2) is 4.94. The molecule has 2 rings (SSSR count). The van der Waals surface area contributed by atoms with Gasteiger partial charge in [-0.2, -0.15) is 0 Å². The highest BCUT2D eigenvalue weighted by Crippen LogP contribution is 2.21. The molecule has 1 aromatic carbocycles. The van der Waals surface area contributed by atoms with Crippen molar-refractivity contribution in [3.05, 3.63) is 29.6 Å². The zero-order chi connectivity index (χ0) is 13.3. The highest BCUT2D eigenvalue weighted by molar-refractivity contribution is 5.99. The first-order valence-electron chi connectivity index (χ1n) is 6.01. The summed E-state index contributed by atoms with van der Waals surface area (Å²) in [5.41, 5.74) is 6.06. The first-order chi connectivity index (χ1) is 8.49. The third-order valence-corrected chi connectivity index (χ3v) is 3.45. The number of hydrogen-bond acceptors (Lipinski definition) is 3. The number of halogens is 1. The van der Waals surface area contributed by atoms with Crippen LogP contribution in [0.15, 0.2) is 18.2 Å². The number of nitrogen functional groups attached to an aromatic ring is 1. The molecule has 1 heterocycles. The molecule has 2 atom stereocenters. The summed E-state index contributed by atoms with van der Waals surface area (Å²) >= 11 is 0. The van der Waals surface area contributed by atoms with Gasteiger partial charge >= 0.3 is 0 Å². The molecule has 0 aromatic heterocycles. The van der Waals surface area contributed by atoms with E-state index in [1.165, 1.54) is 12.1 Å². The van der Waals surface area contributed by atoms with Gasteiger partial charge in [-0.3, -0.25) is 4.79 Å². The predicted molar refractivity (Wildman–Crippen MR) is 66.5 cm³/mol. The Morgan fingerprint density at radius 3 is 2.89 bits per heavy atom. The molecule has 0 saturated carbocycles. The van der Waals surface area contributed by atoms with Crippen LogP contribution in [0.5, 0.6) is 0 Å². The fourth-order valence-corrected chi connectivity index (χ4v) is 2.13. The van der Waals surface area contributed by atoms with Crippen molar-refractivity contribution < 1.29 is 14.3 Å². The van der Waals surface area contributed by atoms with Crippen molar-refractivity contribution in [3.63, 3.8) is 0 Å². The highest BCUT2D eigenvalue weighted by Gasteiger charge is 2.28. The number of hydrogen-bond donors (Lipinski definition) is 2. The summed E-state index contributed by atoms with van der Waals surface area (Å²) in [6, 6.07) is 3.74. The van der Waals surface area contributed by atoms with E-state index in [4.69, 9.17) is 5.73 Å². The lowest BCUT2D eigenvalue weighted by molar-refractivity contribution is 0.0249. The molecule has 98 valence electrons. The molecule has 4 nitrogen and oxygen atoms in total. The summed E-state index contributed by atoms with van der Waals surface area (Å²) in [6.45, 7) is 2.85. The zero-order valence-electron chi connectivity index (χ0n) is 10.3. The van der Waals surface area contributed by atoms with Gasteiger partial charge in [0.05, 0.1) is 11.7 Å². The number of benzene rings is 1. The van der Waals surface area contributed by atoms with Gasteiger partial charge in [0, 0.05) is 18.8 Å². The highest BCUT2D eigenvalue weighted by atomic mass is 19.1. The minimum absolute atomic E-state index is 0.133. The number of piperidine rings is 1. The Labute approximate surface area is 105 Å². The normalized spacial score (nSPS) is 24.1. The molecular formula is C13H17FN2O2. The number of anilines is 1. The summed E-state index contributed by atoms with van der Waals surface area (Å²) in [5, 5.41) is 9.77. The van der Waals surface area contributed by atoms with Crippen molar-refractivity contribution in [2.24, 2.45) is 5.92 Å². The van der Waals surface area contributed by atoms with Crippen LogP contribution in [0.4, 0.5) is 10.1 Å². The number of β-amino-alcohol motifs (C(OH)–C–C–N with tert-alkyl or cyclic N) is 1. The molecule has 1 aliphatic heterocycles. The van der Waals surface area contributed by atoms with E-state index in [2.05, 4.69) is 0 Å². The zero-order valence-corrected chi connectivity index (χ0v) is 10.3. The summed E-state index contributed by atoms with van der Waals surface area (Å²) in [5.74, 6) is -0.519. The summed E-state index contributed by atoms with van der Waals surface area (Å²) in [6.07, 6.45) is 0.248. The number of likely N-dealkylation sites (tertiary alicyclic amines) is 1. The van der Waals surface area contributed by atoms with E-state index in [1.807, 2.05) is 6.92 Å². The Balaban J connectivity index is 2.16. The topological polar surface area (TPSA) is 66.6 Å². The predicted octanol–water partition coefficient (Wildman–Crippen LogP) is 1.25. The van der Waals surface area contributed by atoms with Gasteiger partial charge in [0.2, 0.25) is 0 Å². The number of rotatable bonds is 1. The number of carbonyl (C=O) groups excluding carboxylic acids is 1. The Bertz CT molecular complexity index is 464. The van der Waals surface area contributed by atoms with Gasteiger partial charge in [-0.25, -0.2) is 4.39 Å².